The van der Waals surface area contributed by atoms with E-state index in [1.54, 1.807) is 0 Å². The van der Waals surface area contributed by atoms with E-state index in [1.165, 1.54) is 0 Å². The van der Waals surface area contributed by atoms with Gasteiger partial charge in [0.1, 0.15) is 0 Å². The summed E-state index contributed by atoms with van der Waals surface area (Å²) >= 11 is 0. The van der Waals surface area contributed by atoms with Crippen molar-refractivity contribution < 1.29 is 27.9 Å². The summed E-state index contributed by atoms with van der Waals surface area (Å²) in [6.07, 6.45) is -0.722. The largest absolute Gasteiger partial charge is 0.505 e. The van der Waals surface area contributed by atoms with Gasteiger partial charge in [-0.05, 0) is 27.2 Å². The number of hydrogen-bond donors (Lipinski definition) is 2. The average Bonchev–Trinajstić information content (AvgIpc) is 2.25. The van der Waals surface area contributed by atoms with Gasteiger partial charge in [-0.25, -0.2) is 4.79 Å². The first-order valence-corrected chi connectivity index (χ1v) is 7.81. The molecule has 110 valence electrons. The number of rotatable bonds is 10. The summed E-state index contributed by atoms with van der Waals surface area (Å²) in [5.74, 6) is 0. The molecule has 18 heavy (non-hydrogen) atoms. The summed E-state index contributed by atoms with van der Waals surface area (Å²) in [4.78, 5) is 10.2. The van der Waals surface area contributed by atoms with Crippen LogP contribution in [0.25, 0.3) is 0 Å². The molecule has 0 saturated heterocycles. The summed E-state index contributed by atoms with van der Waals surface area (Å²) in [7, 11) is -2.64. The van der Waals surface area contributed by atoms with Crippen molar-refractivity contribution in [1.82, 2.24) is 6.15 Å². The van der Waals surface area contributed by atoms with Crippen LogP contribution in [-0.4, -0.2) is 46.5 Å². The third-order valence-electron chi connectivity index (χ3n) is 1.95. The standard InChI is InChI=1S/C10H22O6Si.H3N/c1-4-14-17(15-5-2,16-6-3)9-7-8-13-10(11)12;/h4-9H2,1-3H3,(H,11,12);1H3. The average molecular weight is 283 g/mol. The second-order valence-corrected chi connectivity index (χ2v) is 5.93. The van der Waals surface area contributed by atoms with E-state index in [9.17, 15) is 4.79 Å². The van der Waals surface area contributed by atoms with Gasteiger partial charge in [0.2, 0.25) is 0 Å². The van der Waals surface area contributed by atoms with Gasteiger partial charge >= 0.3 is 15.0 Å². The molecule has 0 rings (SSSR count). The number of carbonyl (C=O) groups is 1. The molecule has 0 aliphatic carbocycles. The monoisotopic (exact) mass is 283 g/mol. The second kappa shape index (κ2) is 11.4. The maximum Gasteiger partial charge on any atom is 0.505 e. The van der Waals surface area contributed by atoms with E-state index in [4.69, 9.17) is 18.4 Å². The molecule has 0 atom stereocenters. The van der Waals surface area contributed by atoms with Crippen LogP contribution in [-0.2, 0) is 18.0 Å². The van der Waals surface area contributed by atoms with Gasteiger partial charge in [-0.1, -0.05) is 0 Å². The van der Waals surface area contributed by atoms with Gasteiger partial charge in [-0.15, -0.1) is 0 Å². The van der Waals surface area contributed by atoms with Crippen LogP contribution < -0.4 is 6.15 Å². The van der Waals surface area contributed by atoms with Gasteiger partial charge < -0.3 is 29.3 Å². The highest BCUT2D eigenvalue weighted by Gasteiger charge is 2.39. The van der Waals surface area contributed by atoms with Gasteiger partial charge in [0.15, 0.2) is 0 Å². The molecule has 8 heteroatoms. The topological polar surface area (TPSA) is 109 Å². The zero-order chi connectivity index (χ0) is 13.1. The minimum Gasteiger partial charge on any atom is -0.450 e. The first-order valence-electron chi connectivity index (χ1n) is 5.87. The molecular formula is C10H25NO6Si. The molecule has 0 aliphatic rings. The van der Waals surface area contributed by atoms with Crippen molar-refractivity contribution in [2.45, 2.75) is 33.2 Å². The highest BCUT2D eigenvalue weighted by atomic mass is 28.4. The lowest BCUT2D eigenvalue weighted by Gasteiger charge is -2.28. The van der Waals surface area contributed by atoms with Crippen molar-refractivity contribution in [1.29, 1.82) is 0 Å². The molecule has 0 fully saturated rings. The van der Waals surface area contributed by atoms with Crippen LogP contribution in [0.3, 0.4) is 0 Å². The van der Waals surface area contributed by atoms with Crippen molar-refractivity contribution >= 4 is 15.0 Å². The van der Waals surface area contributed by atoms with E-state index in [1.807, 2.05) is 20.8 Å². The van der Waals surface area contributed by atoms with Crippen molar-refractivity contribution in [2.24, 2.45) is 0 Å². The Hall–Kier alpha value is -0.673. The van der Waals surface area contributed by atoms with Crippen LogP contribution >= 0.6 is 0 Å². The lowest BCUT2D eigenvalue weighted by atomic mass is 10.5. The lowest BCUT2D eigenvalue weighted by molar-refractivity contribution is 0.0642. The molecule has 0 amide bonds. The molecule has 0 unspecified atom stereocenters. The highest BCUT2D eigenvalue weighted by molar-refractivity contribution is 6.60. The van der Waals surface area contributed by atoms with Crippen molar-refractivity contribution in [3.05, 3.63) is 0 Å². The fourth-order valence-corrected chi connectivity index (χ4v) is 4.03. The van der Waals surface area contributed by atoms with E-state index >= 15 is 0 Å². The second-order valence-electron chi connectivity index (χ2n) is 3.20. The predicted octanol–water partition coefficient (Wildman–Crippen LogP) is 2.28. The third kappa shape index (κ3) is 8.42. The molecule has 0 aromatic rings. The molecule has 0 radical (unpaired) electrons. The smallest absolute Gasteiger partial charge is 0.450 e. The maximum absolute atomic E-state index is 10.2. The van der Waals surface area contributed by atoms with Crippen LogP contribution in [0.5, 0.6) is 0 Å². The maximum atomic E-state index is 10.2. The molecule has 0 aromatic carbocycles. The number of ether oxygens (including phenoxy) is 1. The van der Waals surface area contributed by atoms with E-state index < -0.39 is 15.0 Å². The minimum atomic E-state index is -2.64. The number of hydrogen-bond acceptors (Lipinski definition) is 6. The van der Waals surface area contributed by atoms with Gasteiger partial charge in [-0.3, -0.25) is 0 Å². The molecule has 0 bridgehead atoms. The Balaban J connectivity index is 0. The summed E-state index contributed by atoms with van der Waals surface area (Å²) in [5, 5.41) is 8.35. The normalized spacial score (nSPS) is 10.8. The fourth-order valence-electron chi connectivity index (χ4n) is 1.45. The Morgan fingerprint density at radius 1 is 1.06 bits per heavy atom. The number of carboxylic acid groups (broad SMARTS) is 1. The van der Waals surface area contributed by atoms with E-state index in [-0.39, 0.29) is 12.8 Å². The van der Waals surface area contributed by atoms with Gasteiger partial charge in [0, 0.05) is 25.9 Å². The minimum absolute atomic E-state index is 0. The Morgan fingerprint density at radius 3 is 1.83 bits per heavy atom. The third-order valence-corrected chi connectivity index (χ3v) is 5.10. The summed E-state index contributed by atoms with van der Waals surface area (Å²) in [5.41, 5.74) is 0. The van der Waals surface area contributed by atoms with Crippen molar-refractivity contribution in [2.75, 3.05) is 26.4 Å². The Bertz CT molecular complexity index is 200. The molecule has 0 saturated carbocycles. The fraction of sp³-hybridized carbons (Fsp3) is 0.900. The lowest BCUT2D eigenvalue weighted by Crippen LogP contribution is -2.46. The van der Waals surface area contributed by atoms with Crippen molar-refractivity contribution in [3.63, 3.8) is 0 Å². The zero-order valence-electron chi connectivity index (χ0n) is 11.4. The first-order chi connectivity index (χ1) is 8.10. The highest BCUT2D eigenvalue weighted by Crippen LogP contribution is 2.18. The molecule has 4 N–H and O–H groups in total. The summed E-state index contributed by atoms with van der Waals surface area (Å²) in [6.45, 7) is 7.34. The van der Waals surface area contributed by atoms with Crippen molar-refractivity contribution in [3.8, 4) is 0 Å². The van der Waals surface area contributed by atoms with E-state index in [2.05, 4.69) is 4.74 Å². The van der Waals surface area contributed by atoms with Gasteiger partial charge in [0.25, 0.3) is 0 Å². The van der Waals surface area contributed by atoms with Crippen LogP contribution in [0.1, 0.15) is 27.2 Å². The molecule has 7 nitrogen and oxygen atoms in total. The molecular weight excluding hydrogens is 258 g/mol. The van der Waals surface area contributed by atoms with Gasteiger partial charge in [0.05, 0.1) is 6.61 Å². The van der Waals surface area contributed by atoms with Crippen LogP contribution in [0.2, 0.25) is 6.04 Å². The van der Waals surface area contributed by atoms with Crippen LogP contribution in [0, 0.1) is 0 Å². The molecule has 0 spiro atoms. The summed E-state index contributed by atoms with van der Waals surface area (Å²) in [6, 6.07) is 0.565. The quantitative estimate of drug-likeness (QED) is 0.359. The molecule has 0 heterocycles. The Labute approximate surface area is 109 Å². The van der Waals surface area contributed by atoms with Crippen LogP contribution in [0.15, 0.2) is 0 Å². The van der Waals surface area contributed by atoms with E-state index in [0.717, 1.165) is 0 Å². The van der Waals surface area contributed by atoms with Crippen LogP contribution in [0.4, 0.5) is 4.79 Å². The Morgan fingerprint density at radius 2 is 1.50 bits per heavy atom. The summed E-state index contributed by atoms with van der Waals surface area (Å²) < 4.78 is 21.3. The Kier molecular flexibility index (Phi) is 12.5. The first kappa shape index (κ1) is 19.7. The van der Waals surface area contributed by atoms with Gasteiger partial charge in [-0.2, -0.15) is 0 Å². The SMILES string of the molecule is CCO[Si](CCCOC(=O)O)(OCC)OCC.N. The predicted molar refractivity (Wildman–Crippen MR) is 69.1 cm³/mol. The molecule has 0 aliphatic heterocycles. The zero-order valence-corrected chi connectivity index (χ0v) is 12.4. The molecule has 0 aromatic heterocycles. The van der Waals surface area contributed by atoms with E-state index in [0.29, 0.717) is 32.3 Å².